The van der Waals surface area contributed by atoms with Crippen LogP contribution in [0.3, 0.4) is 0 Å². The minimum Gasteiger partial charge on any atom is -0.328 e. The molecule has 0 radical (unpaired) electrons. The predicted molar refractivity (Wildman–Crippen MR) is 77.8 cm³/mol. The van der Waals surface area contributed by atoms with Crippen molar-refractivity contribution < 1.29 is 0 Å². The van der Waals surface area contributed by atoms with E-state index in [1.807, 2.05) is 42.1 Å². The van der Waals surface area contributed by atoms with Crippen molar-refractivity contribution in [3.05, 3.63) is 51.2 Å². The van der Waals surface area contributed by atoms with Gasteiger partial charge in [-0.3, -0.25) is 4.68 Å². The molecule has 1 aromatic heterocycles. The minimum absolute atomic E-state index is 0.113. The quantitative estimate of drug-likeness (QED) is 0.936. The van der Waals surface area contributed by atoms with Gasteiger partial charge in [-0.05, 0) is 40.5 Å². The molecule has 0 aliphatic carbocycles. The lowest BCUT2D eigenvalue weighted by molar-refractivity contribution is 0.610. The van der Waals surface area contributed by atoms with Crippen LogP contribution in [0.5, 0.6) is 0 Å². The number of aromatic nitrogens is 2. The molecule has 96 valence electrons. The van der Waals surface area contributed by atoms with Crippen LogP contribution in [0, 0.1) is 0 Å². The van der Waals surface area contributed by atoms with Gasteiger partial charge >= 0.3 is 0 Å². The zero-order valence-electron chi connectivity index (χ0n) is 10.1. The first kappa shape index (κ1) is 13.6. The maximum Gasteiger partial charge on any atom is 0.0663 e. The molecule has 1 atom stereocenters. The number of benzene rings is 1. The van der Waals surface area contributed by atoms with Gasteiger partial charge in [0.1, 0.15) is 0 Å². The summed E-state index contributed by atoms with van der Waals surface area (Å²) in [4.78, 5) is 0. The molecule has 1 unspecified atom stereocenters. The maximum absolute atomic E-state index is 5.87. The zero-order valence-corrected chi connectivity index (χ0v) is 12.4. The molecule has 0 amide bonds. The summed E-state index contributed by atoms with van der Waals surface area (Å²) in [5, 5.41) is 5.11. The van der Waals surface area contributed by atoms with Crippen molar-refractivity contribution in [3.8, 4) is 0 Å². The normalized spacial score (nSPS) is 12.7. The van der Waals surface area contributed by atoms with E-state index in [2.05, 4.69) is 21.0 Å². The van der Waals surface area contributed by atoms with E-state index < -0.39 is 0 Å². The molecule has 1 heterocycles. The van der Waals surface area contributed by atoms with Crippen LogP contribution in [0.4, 0.5) is 0 Å². The molecule has 0 saturated carbocycles. The Morgan fingerprint density at radius 3 is 2.67 bits per heavy atom. The molecular weight excluding hydrogens is 314 g/mol. The summed E-state index contributed by atoms with van der Waals surface area (Å²) < 4.78 is 2.98. The lowest BCUT2D eigenvalue weighted by atomic mass is 10.2. The third-order valence-electron chi connectivity index (χ3n) is 2.66. The van der Waals surface area contributed by atoms with E-state index in [4.69, 9.17) is 17.3 Å². The molecule has 0 spiro atoms. The molecular formula is C13H15BrClN3. The number of hydrogen-bond donors (Lipinski definition) is 1. The van der Waals surface area contributed by atoms with Crippen molar-refractivity contribution in [1.82, 2.24) is 9.78 Å². The number of nitrogens with zero attached hydrogens (tertiary/aromatic N) is 2. The highest BCUT2D eigenvalue weighted by Gasteiger charge is 2.11. The monoisotopic (exact) mass is 327 g/mol. The second-order valence-corrected chi connectivity index (χ2v) is 5.70. The van der Waals surface area contributed by atoms with E-state index in [0.717, 1.165) is 28.2 Å². The first-order valence-corrected chi connectivity index (χ1v) is 6.93. The van der Waals surface area contributed by atoms with Gasteiger partial charge in [-0.25, -0.2) is 0 Å². The van der Waals surface area contributed by atoms with E-state index >= 15 is 0 Å². The summed E-state index contributed by atoms with van der Waals surface area (Å²) in [7, 11) is 0. The molecule has 0 bridgehead atoms. The fraction of sp³-hybridized carbons (Fsp3) is 0.308. The largest absolute Gasteiger partial charge is 0.328 e. The van der Waals surface area contributed by atoms with E-state index in [-0.39, 0.29) is 6.04 Å². The van der Waals surface area contributed by atoms with Crippen molar-refractivity contribution in [3.63, 3.8) is 0 Å². The van der Waals surface area contributed by atoms with E-state index in [9.17, 15) is 0 Å². The standard InChI is InChI=1S/C13H15BrClN3/c1-9(16)6-13-12(14)7-17-18(13)8-10-2-4-11(15)5-3-10/h2-5,7,9H,6,8,16H2,1H3. The number of halogens is 2. The van der Waals surface area contributed by atoms with Crippen LogP contribution in [0.25, 0.3) is 0 Å². The van der Waals surface area contributed by atoms with Crippen LogP contribution in [-0.2, 0) is 13.0 Å². The molecule has 3 nitrogen and oxygen atoms in total. The predicted octanol–water partition coefficient (Wildman–Crippen LogP) is 3.24. The molecule has 2 N–H and O–H groups in total. The number of rotatable bonds is 4. The molecule has 2 rings (SSSR count). The highest BCUT2D eigenvalue weighted by molar-refractivity contribution is 9.10. The van der Waals surface area contributed by atoms with Gasteiger partial charge in [0.15, 0.2) is 0 Å². The van der Waals surface area contributed by atoms with Crippen LogP contribution in [0.2, 0.25) is 5.02 Å². The summed E-state index contributed by atoms with van der Waals surface area (Å²) in [6.45, 7) is 2.72. The summed E-state index contributed by atoms with van der Waals surface area (Å²) in [5.41, 5.74) is 8.15. The van der Waals surface area contributed by atoms with E-state index in [0.29, 0.717) is 0 Å². The van der Waals surface area contributed by atoms with Crippen molar-refractivity contribution in [2.24, 2.45) is 5.73 Å². The van der Waals surface area contributed by atoms with Crippen molar-refractivity contribution in [2.45, 2.75) is 25.9 Å². The first-order valence-electron chi connectivity index (χ1n) is 5.76. The van der Waals surface area contributed by atoms with Gasteiger partial charge in [-0.2, -0.15) is 5.10 Å². The van der Waals surface area contributed by atoms with Gasteiger partial charge in [0, 0.05) is 17.5 Å². The first-order chi connectivity index (χ1) is 8.56. The molecule has 1 aromatic carbocycles. The lowest BCUT2D eigenvalue weighted by Gasteiger charge is -2.10. The van der Waals surface area contributed by atoms with Crippen molar-refractivity contribution in [1.29, 1.82) is 0 Å². The Bertz CT molecular complexity index is 520. The summed E-state index contributed by atoms with van der Waals surface area (Å²) in [5.74, 6) is 0. The van der Waals surface area contributed by atoms with Crippen LogP contribution in [0.15, 0.2) is 34.9 Å². The Kier molecular flexibility index (Phi) is 4.43. The minimum atomic E-state index is 0.113. The fourth-order valence-electron chi connectivity index (χ4n) is 1.79. The van der Waals surface area contributed by atoms with E-state index in [1.54, 1.807) is 0 Å². The average Bonchev–Trinajstić information content (AvgIpc) is 2.64. The van der Waals surface area contributed by atoms with Gasteiger partial charge in [0.25, 0.3) is 0 Å². The summed E-state index contributed by atoms with van der Waals surface area (Å²) >= 11 is 9.38. The van der Waals surface area contributed by atoms with Crippen LogP contribution < -0.4 is 5.73 Å². The second-order valence-electron chi connectivity index (χ2n) is 4.40. The summed E-state index contributed by atoms with van der Waals surface area (Å²) in [6, 6.07) is 7.91. The molecule has 0 fully saturated rings. The third kappa shape index (κ3) is 3.34. The van der Waals surface area contributed by atoms with Gasteiger partial charge < -0.3 is 5.73 Å². The van der Waals surface area contributed by atoms with Gasteiger partial charge in [-0.1, -0.05) is 23.7 Å². The Balaban J connectivity index is 2.21. The number of nitrogens with two attached hydrogens (primary N) is 1. The Morgan fingerprint density at radius 2 is 2.06 bits per heavy atom. The van der Waals surface area contributed by atoms with Gasteiger partial charge in [0.2, 0.25) is 0 Å². The Hall–Kier alpha value is -0.840. The number of hydrogen-bond acceptors (Lipinski definition) is 2. The van der Waals surface area contributed by atoms with Crippen LogP contribution >= 0.6 is 27.5 Å². The lowest BCUT2D eigenvalue weighted by Crippen LogP contribution is -2.20. The molecule has 0 aliphatic heterocycles. The van der Waals surface area contributed by atoms with Crippen LogP contribution in [-0.4, -0.2) is 15.8 Å². The fourth-order valence-corrected chi connectivity index (χ4v) is 2.38. The highest BCUT2D eigenvalue weighted by Crippen LogP contribution is 2.19. The van der Waals surface area contributed by atoms with Crippen LogP contribution in [0.1, 0.15) is 18.2 Å². The molecule has 2 aromatic rings. The SMILES string of the molecule is CC(N)Cc1c(Br)cnn1Cc1ccc(Cl)cc1. The van der Waals surface area contributed by atoms with Crippen molar-refractivity contribution >= 4 is 27.5 Å². The Labute approximate surface area is 120 Å². The molecule has 0 saturated heterocycles. The third-order valence-corrected chi connectivity index (χ3v) is 3.57. The Morgan fingerprint density at radius 1 is 1.39 bits per heavy atom. The van der Waals surface area contributed by atoms with Crippen molar-refractivity contribution in [2.75, 3.05) is 0 Å². The maximum atomic E-state index is 5.87. The topological polar surface area (TPSA) is 43.8 Å². The highest BCUT2D eigenvalue weighted by atomic mass is 79.9. The molecule has 18 heavy (non-hydrogen) atoms. The average molecular weight is 329 g/mol. The zero-order chi connectivity index (χ0) is 13.1. The summed E-state index contributed by atoms with van der Waals surface area (Å²) in [6.07, 6.45) is 2.61. The van der Waals surface area contributed by atoms with Gasteiger partial charge in [-0.15, -0.1) is 0 Å². The van der Waals surface area contributed by atoms with E-state index in [1.165, 1.54) is 5.56 Å². The van der Waals surface area contributed by atoms with Gasteiger partial charge in [0.05, 0.1) is 22.9 Å². The molecule has 5 heteroatoms. The second kappa shape index (κ2) is 5.87. The molecule has 0 aliphatic rings. The smallest absolute Gasteiger partial charge is 0.0663 e.